The maximum absolute atomic E-state index is 13.6. The van der Waals surface area contributed by atoms with Crippen LogP contribution in [0.3, 0.4) is 0 Å². The van der Waals surface area contributed by atoms with E-state index in [1.807, 2.05) is 6.92 Å². The number of carbonyl (C=O) groups excluding carboxylic acids is 2. The van der Waals surface area contributed by atoms with Crippen molar-refractivity contribution in [2.24, 2.45) is 0 Å². The minimum Gasteiger partial charge on any atom is -0.449 e. The van der Waals surface area contributed by atoms with E-state index in [-0.39, 0.29) is 0 Å². The molecule has 0 bridgehead atoms. The molecule has 1 atom stereocenters. The van der Waals surface area contributed by atoms with E-state index in [9.17, 15) is 22.8 Å². The van der Waals surface area contributed by atoms with Gasteiger partial charge in [0.25, 0.3) is 5.91 Å². The second-order valence-corrected chi connectivity index (χ2v) is 5.58. The Morgan fingerprint density at radius 2 is 1.72 bits per heavy atom. The third kappa shape index (κ3) is 4.17. The first-order valence-electron chi connectivity index (χ1n) is 7.43. The van der Waals surface area contributed by atoms with Gasteiger partial charge in [-0.15, -0.1) is 0 Å². The van der Waals surface area contributed by atoms with E-state index in [0.29, 0.717) is 17.2 Å². The van der Waals surface area contributed by atoms with Crippen LogP contribution < -0.4 is 5.32 Å². The van der Waals surface area contributed by atoms with Gasteiger partial charge in [-0.3, -0.25) is 4.79 Å². The Morgan fingerprint density at radius 1 is 1.04 bits per heavy atom. The van der Waals surface area contributed by atoms with Gasteiger partial charge in [-0.05, 0) is 44.5 Å². The zero-order valence-corrected chi connectivity index (χ0v) is 13.8. The molecule has 7 heteroatoms. The third-order valence-corrected chi connectivity index (χ3v) is 3.55. The van der Waals surface area contributed by atoms with Crippen molar-refractivity contribution < 1.29 is 27.5 Å². The van der Waals surface area contributed by atoms with E-state index >= 15 is 0 Å². The van der Waals surface area contributed by atoms with Crippen molar-refractivity contribution in [2.75, 3.05) is 5.32 Å². The van der Waals surface area contributed by atoms with Crippen molar-refractivity contribution >= 4 is 17.6 Å². The fourth-order valence-corrected chi connectivity index (χ4v) is 2.18. The quantitative estimate of drug-likeness (QED) is 0.671. The topological polar surface area (TPSA) is 55.4 Å². The fraction of sp³-hybridized carbons (Fsp3) is 0.222. The monoisotopic (exact) mass is 351 g/mol. The van der Waals surface area contributed by atoms with Gasteiger partial charge in [0.15, 0.2) is 23.6 Å². The van der Waals surface area contributed by atoms with E-state index in [4.69, 9.17) is 4.74 Å². The second-order valence-electron chi connectivity index (χ2n) is 5.58. The average molecular weight is 351 g/mol. The van der Waals surface area contributed by atoms with E-state index in [1.54, 1.807) is 25.1 Å². The van der Waals surface area contributed by atoms with Crippen LogP contribution in [-0.4, -0.2) is 18.0 Å². The number of aryl methyl sites for hydroxylation is 2. The molecule has 0 aliphatic heterocycles. The predicted octanol–water partition coefficient (Wildman–Crippen LogP) is 3.90. The number of halogens is 3. The number of anilines is 1. The van der Waals surface area contributed by atoms with Crippen LogP contribution in [0.5, 0.6) is 0 Å². The van der Waals surface area contributed by atoms with Gasteiger partial charge >= 0.3 is 5.97 Å². The lowest BCUT2D eigenvalue weighted by Crippen LogP contribution is -2.30. The van der Waals surface area contributed by atoms with Crippen LogP contribution in [-0.2, 0) is 9.53 Å². The first kappa shape index (κ1) is 18.5. The van der Waals surface area contributed by atoms with Gasteiger partial charge in [-0.1, -0.05) is 17.7 Å². The minimum atomic E-state index is -1.70. The van der Waals surface area contributed by atoms with E-state index < -0.39 is 41.1 Å². The molecule has 1 N–H and O–H groups in total. The Kier molecular flexibility index (Phi) is 5.46. The summed E-state index contributed by atoms with van der Waals surface area (Å²) in [4.78, 5) is 24.1. The highest BCUT2D eigenvalue weighted by Gasteiger charge is 2.22. The summed E-state index contributed by atoms with van der Waals surface area (Å²) >= 11 is 0. The van der Waals surface area contributed by atoms with Crippen molar-refractivity contribution in [2.45, 2.75) is 26.9 Å². The first-order chi connectivity index (χ1) is 11.7. The average Bonchev–Trinajstić information content (AvgIpc) is 2.55. The van der Waals surface area contributed by atoms with Crippen LogP contribution in [0.4, 0.5) is 18.9 Å². The standard InChI is InChI=1S/C18H16F3NO3/c1-9-4-5-12(10(2)8-9)18(24)25-11(3)17(23)22-14-7-6-13(19)15(20)16(14)21/h4-8,11H,1-3H3,(H,22,23). The molecular formula is C18H16F3NO3. The van der Waals surface area contributed by atoms with Crippen molar-refractivity contribution in [3.05, 3.63) is 64.5 Å². The number of esters is 1. The molecule has 2 aromatic rings. The Morgan fingerprint density at radius 3 is 2.36 bits per heavy atom. The van der Waals surface area contributed by atoms with Gasteiger partial charge in [0, 0.05) is 0 Å². The smallest absolute Gasteiger partial charge is 0.339 e. The van der Waals surface area contributed by atoms with Crippen LogP contribution in [0.15, 0.2) is 30.3 Å². The molecule has 0 aliphatic carbocycles. The largest absolute Gasteiger partial charge is 0.449 e. The van der Waals surface area contributed by atoms with Crippen molar-refractivity contribution in [3.63, 3.8) is 0 Å². The number of carbonyl (C=O) groups is 2. The summed E-state index contributed by atoms with van der Waals surface area (Å²) in [7, 11) is 0. The molecule has 2 aromatic carbocycles. The lowest BCUT2D eigenvalue weighted by atomic mass is 10.1. The lowest BCUT2D eigenvalue weighted by Gasteiger charge is -2.15. The van der Waals surface area contributed by atoms with Crippen LogP contribution in [0, 0.1) is 31.3 Å². The van der Waals surface area contributed by atoms with Crippen molar-refractivity contribution in [1.29, 1.82) is 0 Å². The summed E-state index contributed by atoms with van der Waals surface area (Å²) in [6, 6.07) is 6.65. The molecule has 0 heterocycles. The molecule has 0 saturated carbocycles. The molecule has 2 rings (SSSR count). The van der Waals surface area contributed by atoms with Crippen LogP contribution >= 0.6 is 0 Å². The predicted molar refractivity (Wildman–Crippen MR) is 85.7 cm³/mol. The molecule has 0 radical (unpaired) electrons. The Hall–Kier alpha value is -2.83. The molecule has 0 aromatic heterocycles. The number of hydrogen-bond acceptors (Lipinski definition) is 3. The van der Waals surface area contributed by atoms with Crippen LogP contribution in [0.25, 0.3) is 0 Å². The zero-order valence-electron chi connectivity index (χ0n) is 13.8. The number of rotatable bonds is 4. The highest BCUT2D eigenvalue weighted by Crippen LogP contribution is 2.20. The lowest BCUT2D eigenvalue weighted by molar-refractivity contribution is -0.123. The van der Waals surface area contributed by atoms with Gasteiger partial charge in [-0.2, -0.15) is 0 Å². The Balaban J connectivity index is 2.08. The summed E-state index contributed by atoms with van der Waals surface area (Å²) in [6.07, 6.45) is -1.26. The molecule has 0 saturated heterocycles. The van der Waals surface area contributed by atoms with Gasteiger partial charge < -0.3 is 10.1 Å². The Labute approximate surface area is 142 Å². The fourth-order valence-electron chi connectivity index (χ4n) is 2.18. The summed E-state index contributed by atoms with van der Waals surface area (Å²) in [6.45, 7) is 4.88. The van der Waals surface area contributed by atoms with Crippen LogP contribution in [0.2, 0.25) is 0 Å². The number of amides is 1. The zero-order chi connectivity index (χ0) is 18.7. The number of ether oxygens (including phenoxy) is 1. The summed E-state index contributed by atoms with van der Waals surface area (Å²) < 4.78 is 44.7. The number of nitrogens with one attached hydrogen (secondary N) is 1. The molecule has 1 unspecified atom stereocenters. The van der Waals surface area contributed by atoms with Gasteiger partial charge in [0.1, 0.15) is 0 Å². The summed E-state index contributed by atoms with van der Waals surface area (Å²) in [5.74, 6) is -6.18. The van der Waals surface area contributed by atoms with Gasteiger partial charge in [0.05, 0.1) is 11.3 Å². The van der Waals surface area contributed by atoms with Crippen LogP contribution in [0.1, 0.15) is 28.4 Å². The summed E-state index contributed by atoms with van der Waals surface area (Å²) in [5.41, 5.74) is 1.40. The summed E-state index contributed by atoms with van der Waals surface area (Å²) in [5, 5.41) is 2.06. The van der Waals surface area contributed by atoms with E-state index in [1.165, 1.54) is 6.92 Å². The number of benzene rings is 2. The molecule has 25 heavy (non-hydrogen) atoms. The Bertz CT molecular complexity index is 837. The highest BCUT2D eigenvalue weighted by molar-refractivity contribution is 5.97. The third-order valence-electron chi connectivity index (χ3n) is 3.55. The molecule has 1 amide bonds. The minimum absolute atomic E-state index is 0.296. The normalized spacial score (nSPS) is 11.8. The van der Waals surface area contributed by atoms with Gasteiger partial charge in [-0.25, -0.2) is 18.0 Å². The number of hydrogen-bond donors (Lipinski definition) is 1. The molecule has 0 fully saturated rings. The SMILES string of the molecule is Cc1ccc(C(=O)OC(C)C(=O)Nc2ccc(F)c(F)c2F)c(C)c1. The highest BCUT2D eigenvalue weighted by atomic mass is 19.2. The van der Waals surface area contributed by atoms with Crippen molar-refractivity contribution in [3.8, 4) is 0 Å². The molecule has 4 nitrogen and oxygen atoms in total. The van der Waals surface area contributed by atoms with Gasteiger partial charge in [0.2, 0.25) is 0 Å². The molecule has 0 aliphatic rings. The van der Waals surface area contributed by atoms with Crippen molar-refractivity contribution in [1.82, 2.24) is 0 Å². The molecule has 132 valence electrons. The maximum atomic E-state index is 13.6. The second kappa shape index (κ2) is 7.38. The molecular weight excluding hydrogens is 335 g/mol. The van der Waals surface area contributed by atoms with E-state index in [0.717, 1.165) is 11.6 Å². The molecule has 0 spiro atoms. The first-order valence-corrected chi connectivity index (χ1v) is 7.43. The van der Waals surface area contributed by atoms with E-state index in [2.05, 4.69) is 5.32 Å². The maximum Gasteiger partial charge on any atom is 0.339 e.